The van der Waals surface area contributed by atoms with Gasteiger partial charge in [-0.3, -0.25) is 0 Å². The van der Waals surface area contributed by atoms with Crippen molar-refractivity contribution in [3.8, 4) is 0 Å². The van der Waals surface area contributed by atoms with Gasteiger partial charge in [-0.15, -0.1) is 0 Å². The average Bonchev–Trinajstić information content (AvgIpc) is 2.17. The van der Waals surface area contributed by atoms with Gasteiger partial charge < -0.3 is 11.1 Å². The lowest BCUT2D eigenvalue weighted by Crippen LogP contribution is -2.29. The Morgan fingerprint density at radius 2 is 2.07 bits per heavy atom. The molecule has 2 rings (SSSR count). The van der Waals surface area contributed by atoms with Crippen LogP contribution in [-0.4, -0.2) is 21.5 Å². The van der Waals surface area contributed by atoms with Crippen LogP contribution in [0, 0.1) is 0 Å². The van der Waals surface area contributed by atoms with E-state index in [0.717, 1.165) is 13.0 Å². The van der Waals surface area contributed by atoms with Crippen LogP contribution in [0.5, 0.6) is 0 Å². The third-order valence-corrected chi connectivity index (χ3v) is 3.76. The van der Waals surface area contributed by atoms with Crippen molar-refractivity contribution in [3.63, 3.8) is 0 Å². The second-order valence-electron chi connectivity index (χ2n) is 3.43. The van der Waals surface area contributed by atoms with Gasteiger partial charge in [0.2, 0.25) is 10.0 Å². The molecule has 1 heterocycles. The number of nitrogen functional groups attached to an aromatic ring is 1. The Labute approximate surface area is 88.7 Å². The van der Waals surface area contributed by atoms with Crippen molar-refractivity contribution in [3.05, 3.63) is 18.2 Å². The van der Waals surface area contributed by atoms with Crippen molar-refractivity contribution < 1.29 is 8.42 Å². The average molecular weight is 227 g/mol. The molecule has 4 N–H and O–H groups in total. The molecule has 15 heavy (non-hydrogen) atoms. The fourth-order valence-electron chi connectivity index (χ4n) is 1.50. The Balaban J connectivity index is 2.57. The van der Waals surface area contributed by atoms with Crippen molar-refractivity contribution in [1.29, 1.82) is 0 Å². The van der Waals surface area contributed by atoms with Gasteiger partial charge in [0.15, 0.2) is 0 Å². The predicted octanol–water partition coefficient (Wildman–Crippen LogP) is 0.363. The summed E-state index contributed by atoms with van der Waals surface area (Å²) in [6.07, 6.45) is 0.767. The second-order valence-corrected chi connectivity index (χ2v) is 5.17. The number of fused-ring (bicyclic) bond motifs is 1. The van der Waals surface area contributed by atoms with E-state index in [2.05, 4.69) is 10.0 Å². The van der Waals surface area contributed by atoms with Crippen LogP contribution < -0.4 is 15.8 Å². The summed E-state index contributed by atoms with van der Waals surface area (Å²) in [6.45, 7) is 1.20. The zero-order valence-electron chi connectivity index (χ0n) is 8.16. The van der Waals surface area contributed by atoms with E-state index in [1.54, 1.807) is 12.1 Å². The van der Waals surface area contributed by atoms with Crippen molar-refractivity contribution in [1.82, 2.24) is 4.72 Å². The molecule has 0 saturated heterocycles. The Kier molecular flexibility index (Phi) is 2.54. The highest BCUT2D eigenvalue weighted by Crippen LogP contribution is 2.24. The molecule has 1 aliphatic heterocycles. The molecule has 1 aromatic rings. The van der Waals surface area contributed by atoms with E-state index in [1.165, 1.54) is 6.07 Å². The predicted molar refractivity (Wildman–Crippen MR) is 59.1 cm³/mol. The summed E-state index contributed by atoms with van der Waals surface area (Å²) in [4.78, 5) is 0.224. The van der Waals surface area contributed by atoms with E-state index in [1.807, 2.05) is 0 Å². The number of nitrogens with one attached hydrogen (secondary N) is 2. The molecule has 0 unspecified atom stereocenters. The van der Waals surface area contributed by atoms with E-state index < -0.39 is 10.0 Å². The number of benzene rings is 1. The lowest BCUT2D eigenvalue weighted by molar-refractivity contribution is 0.578. The van der Waals surface area contributed by atoms with Crippen LogP contribution in [-0.2, 0) is 10.0 Å². The summed E-state index contributed by atoms with van der Waals surface area (Å²) < 4.78 is 26.1. The fraction of sp³-hybridized carbons (Fsp3) is 0.333. The minimum absolute atomic E-state index is 0.224. The van der Waals surface area contributed by atoms with E-state index in [9.17, 15) is 8.42 Å². The summed E-state index contributed by atoms with van der Waals surface area (Å²) in [6, 6.07) is 4.84. The molecule has 82 valence electrons. The van der Waals surface area contributed by atoms with E-state index in [4.69, 9.17) is 5.73 Å². The molecule has 1 aliphatic rings. The van der Waals surface area contributed by atoms with Crippen LogP contribution in [0.2, 0.25) is 0 Å². The largest absolute Gasteiger partial charge is 0.399 e. The first-order chi connectivity index (χ1) is 7.09. The van der Waals surface area contributed by atoms with E-state index in [-0.39, 0.29) is 4.90 Å². The van der Waals surface area contributed by atoms with Gasteiger partial charge in [-0.25, -0.2) is 13.1 Å². The summed E-state index contributed by atoms with van der Waals surface area (Å²) in [7, 11) is -3.42. The number of hydrogen-bond donors (Lipinski definition) is 3. The van der Waals surface area contributed by atoms with Crippen LogP contribution in [0.4, 0.5) is 11.4 Å². The summed E-state index contributed by atoms with van der Waals surface area (Å²) in [5, 5.41) is 3.07. The summed E-state index contributed by atoms with van der Waals surface area (Å²) in [5.41, 5.74) is 6.63. The molecular formula is C9H13N3O2S. The lowest BCUT2D eigenvalue weighted by atomic mass is 10.2. The quantitative estimate of drug-likeness (QED) is 0.559. The van der Waals surface area contributed by atoms with Crippen molar-refractivity contribution in [2.45, 2.75) is 11.3 Å². The monoisotopic (exact) mass is 227 g/mol. The second kappa shape index (κ2) is 3.71. The first-order valence-electron chi connectivity index (χ1n) is 4.73. The highest BCUT2D eigenvalue weighted by atomic mass is 32.2. The maximum absolute atomic E-state index is 11.8. The van der Waals surface area contributed by atoms with Crippen LogP contribution >= 0.6 is 0 Å². The molecule has 0 aliphatic carbocycles. The maximum atomic E-state index is 11.8. The number of anilines is 2. The highest BCUT2D eigenvalue weighted by Gasteiger charge is 2.19. The van der Waals surface area contributed by atoms with Crippen LogP contribution in [0.25, 0.3) is 0 Å². The minimum atomic E-state index is -3.42. The first-order valence-corrected chi connectivity index (χ1v) is 6.21. The smallest absolute Gasteiger partial charge is 0.242 e. The molecule has 0 atom stereocenters. The van der Waals surface area contributed by atoms with Crippen LogP contribution in [0.1, 0.15) is 6.42 Å². The van der Waals surface area contributed by atoms with Crippen molar-refractivity contribution >= 4 is 21.4 Å². The Bertz CT molecular complexity index is 470. The van der Waals surface area contributed by atoms with Crippen molar-refractivity contribution in [2.75, 3.05) is 24.1 Å². The zero-order valence-corrected chi connectivity index (χ0v) is 8.97. The molecule has 0 fully saturated rings. The number of sulfonamides is 1. The lowest BCUT2D eigenvalue weighted by Gasteiger charge is -2.17. The van der Waals surface area contributed by atoms with E-state index in [0.29, 0.717) is 17.9 Å². The Morgan fingerprint density at radius 3 is 2.87 bits per heavy atom. The van der Waals surface area contributed by atoms with Gasteiger partial charge >= 0.3 is 0 Å². The van der Waals surface area contributed by atoms with Crippen molar-refractivity contribution in [2.24, 2.45) is 0 Å². The third-order valence-electron chi connectivity index (χ3n) is 2.26. The SMILES string of the molecule is Nc1ccc2c(c1)S(=O)(=O)NCCCN2. The number of nitrogens with two attached hydrogens (primary N) is 1. The van der Waals surface area contributed by atoms with Crippen LogP contribution in [0.15, 0.2) is 23.1 Å². The standard InChI is InChI=1S/C9H13N3O2S/c10-7-2-3-8-9(6-7)15(13,14)12-5-1-4-11-8/h2-3,6,11-12H,1,4-5,10H2. The molecule has 0 aromatic heterocycles. The number of hydrogen-bond acceptors (Lipinski definition) is 4. The minimum Gasteiger partial charge on any atom is -0.399 e. The summed E-state index contributed by atoms with van der Waals surface area (Å²) in [5.74, 6) is 0. The maximum Gasteiger partial charge on any atom is 0.242 e. The third kappa shape index (κ3) is 2.05. The molecule has 0 saturated carbocycles. The topological polar surface area (TPSA) is 84.2 Å². The van der Waals surface area contributed by atoms with Gasteiger partial charge in [0.1, 0.15) is 4.90 Å². The Morgan fingerprint density at radius 1 is 1.27 bits per heavy atom. The molecule has 5 nitrogen and oxygen atoms in total. The van der Waals surface area contributed by atoms with Gasteiger partial charge in [-0.05, 0) is 24.6 Å². The molecule has 0 radical (unpaired) electrons. The molecular weight excluding hydrogens is 214 g/mol. The van der Waals surface area contributed by atoms with Gasteiger partial charge in [0.25, 0.3) is 0 Å². The normalized spacial score (nSPS) is 19.5. The first kappa shape index (κ1) is 10.3. The summed E-state index contributed by atoms with van der Waals surface area (Å²) >= 11 is 0. The van der Waals surface area contributed by atoms with E-state index >= 15 is 0 Å². The molecule has 6 heteroatoms. The fourth-order valence-corrected chi connectivity index (χ4v) is 2.79. The highest BCUT2D eigenvalue weighted by molar-refractivity contribution is 7.89. The Hall–Kier alpha value is -1.27. The van der Waals surface area contributed by atoms with Gasteiger partial charge in [0, 0.05) is 18.8 Å². The zero-order chi connectivity index (χ0) is 10.9. The molecule has 0 amide bonds. The molecule has 1 aromatic carbocycles. The van der Waals surface area contributed by atoms with Gasteiger partial charge in [-0.2, -0.15) is 0 Å². The van der Waals surface area contributed by atoms with Gasteiger partial charge in [-0.1, -0.05) is 0 Å². The van der Waals surface area contributed by atoms with Crippen LogP contribution in [0.3, 0.4) is 0 Å². The number of rotatable bonds is 0. The molecule has 0 bridgehead atoms. The molecule has 0 spiro atoms. The van der Waals surface area contributed by atoms with Gasteiger partial charge in [0.05, 0.1) is 5.69 Å².